The van der Waals surface area contributed by atoms with Crippen molar-refractivity contribution in [1.82, 2.24) is 0 Å². The third-order valence-electron chi connectivity index (χ3n) is 5.27. The number of rotatable bonds is 4. The molecular formula is C26H36O2. The van der Waals surface area contributed by atoms with E-state index in [2.05, 4.69) is 67.5 Å². The lowest BCUT2D eigenvalue weighted by atomic mass is 9.83. The van der Waals surface area contributed by atoms with Gasteiger partial charge in [-0.15, -0.1) is 0 Å². The summed E-state index contributed by atoms with van der Waals surface area (Å²) in [5, 5.41) is 21.7. The Morgan fingerprint density at radius 1 is 0.643 bits per heavy atom. The Kier molecular flexibility index (Phi) is 6.33. The number of hydrogen-bond acceptors (Lipinski definition) is 2. The van der Waals surface area contributed by atoms with Crippen LogP contribution >= 0.6 is 0 Å². The first-order chi connectivity index (χ1) is 12.9. The van der Waals surface area contributed by atoms with Gasteiger partial charge in [0.2, 0.25) is 0 Å². The molecule has 0 unspecified atom stereocenters. The van der Waals surface area contributed by atoms with E-state index in [-0.39, 0.29) is 10.8 Å². The molecule has 0 radical (unpaired) electrons. The van der Waals surface area contributed by atoms with Crippen LogP contribution in [0.1, 0.15) is 88.8 Å². The maximum Gasteiger partial charge on any atom is 0.126 e. The fourth-order valence-corrected chi connectivity index (χ4v) is 3.42. The molecule has 0 fully saturated rings. The quantitative estimate of drug-likeness (QED) is 0.561. The largest absolute Gasteiger partial charge is 0.507 e. The Labute approximate surface area is 170 Å². The van der Waals surface area contributed by atoms with Crippen LogP contribution in [-0.4, -0.2) is 10.2 Å². The van der Waals surface area contributed by atoms with E-state index in [1.54, 1.807) is 0 Å². The lowest BCUT2D eigenvalue weighted by Crippen LogP contribution is -2.12. The topological polar surface area (TPSA) is 40.5 Å². The molecule has 28 heavy (non-hydrogen) atoms. The molecule has 0 aromatic heterocycles. The van der Waals surface area contributed by atoms with E-state index in [0.717, 1.165) is 35.1 Å². The Morgan fingerprint density at radius 3 is 1.21 bits per heavy atom. The molecule has 0 atom stereocenters. The Hall–Kier alpha value is -2.22. The van der Waals surface area contributed by atoms with E-state index in [9.17, 15) is 10.2 Å². The third-order valence-corrected chi connectivity index (χ3v) is 5.27. The van der Waals surface area contributed by atoms with E-state index in [0.29, 0.717) is 11.5 Å². The first-order valence-corrected chi connectivity index (χ1v) is 10.3. The first kappa shape index (κ1) is 22.1. The molecule has 2 nitrogen and oxygen atoms in total. The first-order valence-electron chi connectivity index (χ1n) is 10.3. The number of phenols is 2. The van der Waals surface area contributed by atoms with Gasteiger partial charge in [-0.25, -0.2) is 0 Å². The summed E-state index contributed by atoms with van der Waals surface area (Å²) >= 11 is 0. The molecule has 0 aliphatic heterocycles. The monoisotopic (exact) mass is 380 g/mol. The van der Waals surface area contributed by atoms with E-state index in [4.69, 9.17) is 0 Å². The van der Waals surface area contributed by atoms with Crippen LogP contribution in [0.4, 0.5) is 0 Å². The number of aryl methyl sites for hydroxylation is 2. The average molecular weight is 381 g/mol. The minimum atomic E-state index is -0.137. The summed E-state index contributed by atoms with van der Waals surface area (Å²) in [6, 6.07) is 8.26. The van der Waals surface area contributed by atoms with E-state index in [1.807, 2.05) is 24.3 Å². The van der Waals surface area contributed by atoms with Gasteiger partial charge in [0.05, 0.1) is 0 Å². The van der Waals surface area contributed by atoms with Crippen LogP contribution in [0.15, 0.2) is 24.3 Å². The highest BCUT2D eigenvalue weighted by molar-refractivity contribution is 5.77. The van der Waals surface area contributed by atoms with Crippen molar-refractivity contribution in [3.8, 4) is 11.5 Å². The molecule has 0 aliphatic rings. The number of benzene rings is 2. The van der Waals surface area contributed by atoms with Gasteiger partial charge in [-0.3, -0.25) is 0 Å². The molecule has 2 heteroatoms. The van der Waals surface area contributed by atoms with Crippen molar-refractivity contribution >= 4 is 12.2 Å². The van der Waals surface area contributed by atoms with Crippen LogP contribution in [0, 0.1) is 0 Å². The second-order valence-electron chi connectivity index (χ2n) is 9.70. The van der Waals surface area contributed by atoms with Gasteiger partial charge in [0.15, 0.2) is 0 Å². The summed E-state index contributed by atoms with van der Waals surface area (Å²) in [7, 11) is 0. The van der Waals surface area contributed by atoms with Gasteiger partial charge < -0.3 is 10.2 Å². The predicted octanol–water partition coefficient (Wildman–Crippen LogP) is 6.99. The minimum Gasteiger partial charge on any atom is -0.507 e. The van der Waals surface area contributed by atoms with Crippen LogP contribution in [0.25, 0.3) is 12.2 Å². The number of phenolic OH excluding ortho intramolecular Hbond substituents is 2. The molecule has 0 heterocycles. The van der Waals surface area contributed by atoms with Crippen molar-refractivity contribution in [3.63, 3.8) is 0 Å². The van der Waals surface area contributed by atoms with Gasteiger partial charge in [-0.2, -0.15) is 0 Å². The zero-order valence-electron chi connectivity index (χ0n) is 18.8. The van der Waals surface area contributed by atoms with Crippen LogP contribution in [0.2, 0.25) is 0 Å². The molecule has 0 saturated carbocycles. The molecule has 2 N–H and O–H groups in total. The SMILES string of the molecule is CCc1cc(C=Cc2cc(CC)cc(C(C)(C)C)c2O)c(O)c(C(C)(C)C)c1. The Bertz CT molecular complexity index is 801. The molecule has 2 rings (SSSR count). The highest BCUT2D eigenvalue weighted by Gasteiger charge is 2.22. The minimum absolute atomic E-state index is 0.137. The van der Waals surface area contributed by atoms with Crippen LogP contribution < -0.4 is 0 Å². The lowest BCUT2D eigenvalue weighted by Gasteiger charge is -2.23. The van der Waals surface area contributed by atoms with Crippen molar-refractivity contribution in [3.05, 3.63) is 57.6 Å². The molecule has 152 valence electrons. The standard InChI is InChI=1S/C26H36O2/c1-9-17-13-19(23(27)21(15-17)25(3,4)5)11-12-20-14-18(10-2)16-22(24(20)28)26(6,7)8/h11-16,27-28H,9-10H2,1-8H3. The van der Waals surface area contributed by atoms with Crippen molar-refractivity contribution in [2.75, 3.05) is 0 Å². The molecule has 2 aromatic carbocycles. The zero-order valence-corrected chi connectivity index (χ0v) is 18.8. The Balaban J connectivity index is 2.61. The number of aromatic hydroxyl groups is 2. The summed E-state index contributed by atoms with van der Waals surface area (Å²) in [5.41, 5.74) is 5.62. The van der Waals surface area contributed by atoms with Gasteiger partial charge in [0.1, 0.15) is 11.5 Å². The second-order valence-corrected chi connectivity index (χ2v) is 9.70. The predicted molar refractivity (Wildman–Crippen MR) is 121 cm³/mol. The fraction of sp³-hybridized carbons (Fsp3) is 0.462. The molecule has 0 aliphatic carbocycles. The Morgan fingerprint density at radius 2 is 0.964 bits per heavy atom. The van der Waals surface area contributed by atoms with Crippen molar-refractivity contribution in [2.24, 2.45) is 0 Å². The summed E-state index contributed by atoms with van der Waals surface area (Å²) in [6.07, 6.45) is 5.67. The maximum atomic E-state index is 10.9. The van der Waals surface area contributed by atoms with Crippen molar-refractivity contribution < 1.29 is 10.2 Å². The van der Waals surface area contributed by atoms with E-state index < -0.39 is 0 Å². The van der Waals surface area contributed by atoms with Gasteiger partial charge in [-0.1, -0.05) is 79.7 Å². The van der Waals surface area contributed by atoms with Crippen LogP contribution in [0.3, 0.4) is 0 Å². The van der Waals surface area contributed by atoms with Crippen molar-refractivity contribution in [1.29, 1.82) is 0 Å². The van der Waals surface area contributed by atoms with Gasteiger partial charge >= 0.3 is 0 Å². The van der Waals surface area contributed by atoms with Gasteiger partial charge in [0, 0.05) is 22.3 Å². The summed E-state index contributed by atoms with van der Waals surface area (Å²) in [6.45, 7) is 16.9. The highest BCUT2D eigenvalue weighted by atomic mass is 16.3. The molecule has 0 saturated heterocycles. The average Bonchev–Trinajstić information content (AvgIpc) is 2.59. The molecule has 0 spiro atoms. The highest BCUT2D eigenvalue weighted by Crippen LogP contribution is 2.38. The lowest BCUT2D eigenvalue weighted by molar-refractivity contribution is 0.444. The van der Waals surface area contributed by atoms with Crippen molar-refractivity contribution in [2.45, 2.75) is 79.1 Å². The second kappa shape index (κ2) is 8.03. The zero-order chi connectivity index (χ0) is 21.3. The van der Waals surface area contributed by atoms with E-state index >= 15 is 0 Å². The summed E-state index contributed by atoms with van der Waals surface area (Å²) in [5.74, 6) is 0.645. The maximum absolute atomic E-state index is 10.9. The summed E-state index contributed by atoms with van der Waals surface area (Å²) < 4.78 is 0. The van der Waals surface area contributed by atoms with Gasteiger partial charge in [-0.05, 0) is 46.9 Å². The molecule has 0 amide bonds. The molecule has 2 aromatic rings. The van der Waals surface area contributed by atoms with Crippen LogP contribution in [-0.2, 0) is 23.7 Å². The van der Waals surface area contributed by atoms with E-state index in [1.165, 1.54) is 11.1 Å². The van der Waals surface area contributed by atoms with Gasteiger partial charge in [0.25, 0.3) is 0 Å². The number of hydrogen-bond donors (Lipinski definition) is 2. The third kappa shape index (κ3) is 4.79. The molecule has 0 bridgehead atoms. The normalized spacial score (nSPS) is 12.7. The fourth-order valence-electron chi connectivity index (χ4n) is 3.42. The smallest absolute Gasteiger partial charge is 0.126 e. The summed E-state index contributed by atoms with van der Waals surface area (Å²) in [4.78, 5) is 0. The molecular weight excluding hydrogens is 344 g/mol. The van der Waals surface area contributed by atoms with Crippen LogP contribution in [0.5, 0.6) is 11.5 Å².